The number of hydrogen-bond acceptors (Lipinski definition) is 6. The maximum absolute atomic E-state index is 12.7. The first-order valence-corrected chi connectivity index (χ1v) is 10.5. The Kier molecular flexibility index (Phi) is 5.87. The van der Waals surface area contributed by atoms with E-state index >= 15 is 0 Å². The molecule has 2 aromatic rings. The Morgan fingerprint density at radius 1 is 1.23 bits per heavy atom. The second kappa shape index (κ2) is 8.31. The number of alkyl halides is 3. The van der Waals surface area contributed by atoms with Crippen molar-refractivity contribution in [2.24, 2.45) is 0 Å². The molecular formula is C21H28F3N5O2. The lowest BCUT2D eigenvalue weighted by Crippen LogP contribution is -2.50. The average molecular weight is 439 g/mol. The highest BCUT2D eigenvalue weighted by atomic mass is 19.4. The van der Waals surface area contributed by atoms with Crippen LogP contribution in [-0.2, 0) is 4.74 Å². The van der Waals surface area contributed by atoms with Crippen molar-refractivity contribution in [2.45, 2.75) is 63.5 Å². The summed E-state index contributed by atoms with van der Waals surface area (Å²) < 4.78 is 49.4. The van der Waals surface area contributed by atoms with Crippen LogP contribution in [0.25, 0.3) is 11.3 Å². The van der Waals surface area contributed by atoms with Gasteiger partial charge in [0.2, 0.25) is 0 Å². The fourth-order valence-corrected chi connectivity index (χ4v) is 4.42. The molecule has 1 saturated carbocycles. The summed E-state index contributed by atoms with van der Waals surface area (Å²) in [6.45, 7) is 5.67. The van der Waals surface area contributed by atoms with Gasteiger partial charge in [-0.2, -0.15) is 5.10 Å². The summed E-state index contributed by atoms with van der Waals surface area (Å²) in [5, 5.41) is 4.69. The van der Waals surface area contributed by atoms with Gasteiger partial charge in [0.15, 0.2) is 11.6 Å². The highest BCUT2D eigenvalue weighted by Crippen LogP contribution is 2.40. The molecule has 2 N–H and O–H groups in total. The Bertz CT molecular complexity index is 926. The zero-order chi connectivity index (χ0) is 22.3. The predicted molar refractivity (Wildman–Crippen MR) is 110 cm³/mol. The lowest BCUT2D eigenvalue weighted by Gasteiger charge is -2.38. The van der Waals surface area contributed by atoms with Gasteiger partial charge in [-0.05, 0) is 52.3 Å². The summed E-state index contributed by atoms with van der Waals surface area (Å²) in [6.07, 6.45) is -0.246. The molecule has 3 heterocycles. The van der Waals surface area contributed by atoms with Crippen molar-refractivity contribution in [3.8, 4) is 17.0 Å². The first-order chi connectivity index (χ1) is 14.6. The van der Waals surface area contributed by atoms with Crippen molar-refractivity contribution in [1.29, 1.82) is 0 Å². The molecule has 10 heteroatoms. The second-order valence-electron chi connectivity index (χ2n) is 8.67. The van der Waals surface area contributed by atoms with Gasteiger partial charge in [-0.25, -0.2) is 4.98 Å². The van der Waals surface area contributed by atoms with E-state index < -0.39 is 12.1 Å². The van der Waals surface area contributed by atoms with Crippen molar-refractivity contribution >= 4 is 5.82 Å². The normalized spacial score (nSPS) is 22.3. The summed E-state index contributed by atoms with van der Waals surface area (Å²) in [7, 11) is 2.16. The second-order valence-corrected chi connectivity index (χ2v) is 8.67. The Labute approximate surface area is 179 Å². The van der Waals surface area contributed by atoms with Gasteiger partial charge >= 0.3 is 6.36 Å². The monoisotopic (exact) mass is 439 g/mol. The molecule has 0 aromatic carbocycles. The van der Waals surface area contributed by atoms with Gasteiger partial charge in [0.1, 0.15) is 0 Å². The Balaban J connectivity index is 1.59. The number of nitrogens with zero attached hydrogens (tertiary/aromatic N) is 4. The third kappa shape index (κ3) is 4.64. The zero-order valence-electron chi connectivity index (χ0n) is 17.9. The minimum absolute atomic E-state index is 0.119. The van der Waals surface area contributed by atoms with E-state index in [1.807, 2.05) is 24.6 Å². The minimum Gasteiger partial charge on any atom is -0.402 e. The number of anilines is 1. The van der Waals surface area contributed by atoms with Gasteiger partial charge in [0.25, 0.3) is 0 Å². The van der Waals surface area contributed by atoms with Crippen LogP contribution in [0.4, 0.5) is 19.0 Å². The summed E-state index contributed by atoms with van der Waals surface area (Å²) in [5.41, 5.74) is 7.66. The van der Waals surface area contributed by atoms with E-state index in [4.69, 9.17) is 10.5 Å². The Morgan fingerprint density at radius 3 is 2.58 bits per heavy atom. The molecule has 31 heavy (non-hydrogen) atoms. The van der Waals surface area contributed by atoms with Crippen LogP contribution < -0.4 is 10.5 Å². The molecule has 0 spiro atoms. The number of likely N-dealkylation sites (N-methyl/N-ethyl adjacent to an activating group) is 1. The van der Waals surface area contributed by atoms with Crippen LogP contribution in [0.2, 0.25) is 0 Å². The summed E-state index contributed by atoms with van der Waals surface area (Å²) in [4.78, 5) is 6.30. The molecule has 0 radical (unpaired) electrons. The summed E-state index contributed by atoms with van der Waals surface area (Å²) >= 11 is 0. The van der Waals surface area contributed by atoms with Crippen LogP contribution in [0, 0.1) is 0 Å². The number of pyridine rings is 1. The number of ether oxygens (including phenoxy) is 2. The highest BCUT2D eigenvalue weighted by molar-refractivity contribution is 5.64. The Hall–Kier alpha value is -2.33. The first kappa shape index (κ1) is 21.9. The number of nitrogen functional groups attached to an aromatic ring is 1. The smallest absolute Gasteiger partial charge is 0.402 e. The molecule has 2 aliphatic rings. The standard InChI is InChI=1S/C21H28F3N5O2/c1-12(2)29-18(13-4-5-15(6-13)28(3)16-10-30-11-16)8-17(27-29)14-7-19(20(25)26-9-14)31-21(22,23)24/h7-9,12-13,15-16H,4-6,10-11H2,1-3H3,(H2,25,26)/t13-,15-/m1/s1. The van der Waals surface area contributed by atoms with E-state index in [1.165, 1.54) is 12.3 Å². The van der Waals surface area contributed by atoms with Crippen LogP contribution in [0.15, 0.2) is 18.3 Å². The molecule has 0 bridgehead atoms. The third-order valence-electron chi connectivity index (χ3n) is 6.25. The van der Waals surface area contributed by atoms with Gasteiger partial charge in [-0.3, -0.25) is 9.58 Å². The topological polar surface area (TPSA) is 78.4 Å². The minimum atomic E-state index is -4.84. The zero-order valence-corrected chi connectivity index (χ0v) is 17.9. The van der Waals surface area contributed by atoms with E-state index in [2.05, 4.69) is 26.8 Å². The van der Waals surface area contributed by atoms with E-state index in [1.54, 1.807) is 0 Å². The number of nitrogens with two attached hydrogens (primary N) is 1. The van der Waals surface area contributed by atoms with Crippen molar-refractivity contribution in [3.63, 3.8) is 0 Å². The maximum Gasteiger partial charge on any atom is 0.573 e. The van der Waals surface area contributed by atoms with E-state index in [9.17, 15) is 13.2 Å². The van der Waals surface area contributed by atoms with Gasteiger partial charge in [-0.1, -0.05) is 0 Å². The predicted octanol–water partition coefficient (Wildman–Crippen LogP) is 3.97. The lowest BCUT2D eigenvalue weighted by atomic mass is 10.0. The molecule has 1 aliphatic heterocycles. The van der Waals surface area contributed by atoms with Crippen molar-refractivity contribution in [2.75, 3.05) is 26.0 Å². The molecule has 1 saturated heterocycles. The highest BCUT2D eigenvalue weighted by Gasteiger charge is 2.36. The van der Waals surface area contributed by atoms with E-state index in [0.29, 0.717) is 29.3 Å². The van der Waals surface area contributed by atoms with Crippen LogP contribution in [0.5, 0.6) is 5.75 Å². The van der Waals surface area contributed by atoms with Gasteiger partial charge in [-0.15, -0.1) is 13.2 Å². The maximum atomic E-state index is 12.7. The van der Waals surface area contributed by atoms with Crippen molar-refractivity contribution in [1.82, 2.24) is 19.7 Å². The van der Waals surface area contributed by atoms with Crippen LogP contribution >= 0.6 is 0 Å². The number of aromatic nitrogens is 3. The summed E-state index contributed by atoms with van der Waals surface area (Å²) in [6, 6.07) is 4.30. The van der Waals surface area contributed by atoms with Gasteiger partial charge in [0, 0.05) is 35.5 Å². The number of hydrogen-bond donors (Lipinski definition) is 1. The molecule has 1 aliphatic carbocycles. The molecule has 0 unspecified atom stereocenters. The fourth-order valence-electron chi connectivity index (χ4n) is 4.42. The molecule has 2 aromatic heterocycles. The third-order valence-corrected chi connectivity index (χ3v) is 6.25. The van der Waals surface area contributed by atoms with Crippen molar-refractivity contribution < 1.29 is 22.6 Å². The molecule has 170 valence electrons. The van der Waals surface area contributed by atoms with Crippen LogP contribution in [-0.4, -0.2) is 58.4 Å². The number of rotatable bonds is 6. The average Bonchev–Trinajstić information content (AvgIpc) is 3.27. The van der Waals surface area contributed by atoms with E-state index in [0.717, 1.165) is 38.2 Å². The SMILES string of the molecule is CC(C)n1nc(-c2cnc(N)c(OC(F)(F)F)c2)cc1[C@@H]1CC[C@@H](N(C)C2COC2)C1. The van der Waals surface area contributed by atoms with Crippen molar-refractivity contribution in [3.05, 3.63) is 24.0 Å². The van der Waals surface area contributed by atoms with E-state index in [-0.39, 0.29) is 11.9 Å². The van der Waals surface area contributed by atoms with Gasteiger partial charge < -0.3 is 15.2 Å². The molecule has 7 nitrogen and oxygen atoms in total. The van der Waals surface area contributed by atoms with Crippen LogP contribution in [0.3, 0.4) is 0 Å². The molecule has 0 amide bonds. The van der Waals surface area contributed by atoms with Gasteiger partial charge in [0.05, 0.1) is 24.9 Å². The van der Waals surface area contributed by atoms with Crippen LogP contribution in [0.1, 0.15) is 50.8 Å². The fraction of sp³-hybridized carbons (Fsp3) is 0.619. The summed E-state index contributed by atoms with van der Waals surface area (Å²) in [5.74, 6) is -0.494. The molecule has 4 rings (SSSR count). The largest absolute Gasteiger partial charge is 0.573 e. The number of halogens is 3. The molecule has 2 atom stereocenters. The molecule has 2 fully saturated rings. The Morgan fingerprint density at radius 2 is 1.97 bits per heavy atom. The lowest BCUT2D eigenvalue weighted by molar-refractivity contribution is -0.274. The quantitative estimate of drug-likeness (QED) is 0.734. The molecular weight excluding hydrogens is 411 g/mol. The first-order valence-electron chi connectivity index (χ1n) is 10.5.